The lowest BCUT2D eigenvalue weighted by atomic mass is 10.1. The van der Waals surface area contributed by atoms with Crippen LogP contribution in [0, 0.1) is 6.92 Å². The molecule has 1 aliphatic heterocycles. The number of ether oxygens (including phenoxy) is 1. The summed E-state index contributed by atoms with van der Waals surface area (Å²) in [6.07, 6.45) is 4.03. The summed E-state index contributed by atoms with van der Waals surface area (Å²) in [7, 11) is 0. The second kappa shape index (κ2) is 8.15. The molecule has 1 fully saturated rings. The lowest BCUT2D eigenvalue weighted by molar-refractivity contribution is -0.116. The fraction of sp³-hybridized carbons (Fsp3) is 0.588. The van der Waals surface area contributed by atoms with Crippen LogP contribution in [0.1, 0.15) is 37.3 Å². The molecule has 4 nitrogen and oxygen atoms in total. The Morgan fingerprint density at radius 3 is 3.00 bits per heavy atom. The van der Waals surface area contributed by atoms with Gasteiger partial charge in [0.2, 0.25) is 5.91 Å². The summed E-state index contributed by atoms with van der Waals surface area (Å²) < 4.78 is 5.54. The summed E-state index contributed by atoms with van der Waals surface area (Å²) in [6, 6.07) is 6.13. The number of rotatable bonds is 7. The monoisotopic (exact) mass is 290 g/mol. The van der Waals surface area contributed by atoms with Crippen molar-refractivity contribution in [3.8, 4) is 0 Å². The average Bonchev–Trinajstić information content (AvgIpc) is 2.99. The maximum Gasteiger partial charge on any atom is 0.225 e. The van der Waals surface area contributed by atoms with E-state index in [4.69, 9.17) is 4.74 Å². The van der Waals surface area contributed by atoms with Crippen molar-refractivity contribution >= 4 is 11.6 Å². The van der Waals surface area contributed by atoms with E-state index in [2.05, 4.69) is 23.6 Å². The third kappa shape index (κ3) is 4.83. The van der Waals surface area contributed by atoms with Gasteiger partial charge in [0.15, 0.2) is 0 Å². The van der Waals surface area contributed by atoms with Crippen molar-refractivity contribution in [3.05, 3.63) is 29.3 Å². The quantitative estimate of drug-likeness (QED) is 0.759. The Labute approximate surface area is 127 Å². The van der Waals surface area contributed by atoms with Crippen LogP contribution in [0.5, 0.6) is 0 Å². The number of hydrogen-bond donors (Lipinski definition) is 2. The van der Waals surface area contributed by atoms with E-state index in [1.807, 2.05) is 19.1 Å². The van der Waals surface area contributed by atoms with Crippen molar-refractivity contribution in [2.45, 2.75) is 45.6 Å². The van der Waals surface area contributed by atoms with Crippen molar-refractivity contribution < 1.29 is 9.53 Å². The van der Waals surface area contributed by atoms with Gasteiger partial charge >= 0.3 is 0 Å². The molecule has 0 aliphatic carbocycles. The largest absolute Gasteiger partial charge is 0.377 e. The van der Waals surface area contributed by atoms with Gasteiger partial charge in [-0.2, -0.15) is 0 Å². The first-order valence-electron chi connectivity index (χ1n) is 7.91. The molecule has 0 bridgehead atoms. The number of hydrogen-bond acceptors (Lipinski definition) is 3. The summed E-state index contributed by atoms with van der Waals surface area (Å²) in [6.45, 7) is 6.55. The Hall–Kier alpha value is -1.39. The molecule has 1 aromatic rings. The Morgan fingerprint density at radius 1 is 1.43 bits per heavy atom. The van der Waals surface area contributed by atoms with Gasteiger partial charge in [0, 0.05) is 31.8 Å². The Morgan fingerprint density at radius 2 is 2.29 bits per heavy atom. The zero-order valence-corrected chi connectivity index (χ0v) is 13.1. The number of para-hydroxylation sites is 1. The lowest BCUT2D eigenvalue weighted by Crippen LogP contribution is -2.29. The fourth-order valence-corrected chi connectivity index (χ4v) is 2.67. The van der Waals surface area contributed by atoms with Crippen LogP contribution < -0.4 is 10.6 Å². The molecule has 1 aliphatic rings. The zero-order chi connectivity index (χ0) is 15.1. The molecule has 21 heavy (non-hydrogen) atoms. The molecular weight excluding hydrogens is 264 g/mol. The standard InChI is InChI=1S/C17H26N2O2/c1-3-14-7-4-6-13(2)17(14)19-16(20)9-10-18-12-15-8-5-11-21-15/h4,6-7,15,18H,3,5,8-12H2,1-2H3,(H,19,20). The molecule has 1 aromatic carbocycles. The minimum absolute atomic E-state index is 0.0684. The van der Waals surface area contributed by atoms with Crippen molar-refractivity contribution in [1.29, 1.82) is 0 Å². The fourth-order valence-electron chi connectivity index (χ4n) is 2.67. The minimum Gasteiger partial charge on any atom is -0.377 e. The summed E-state index contributed by atoms with van der Waals surface area (Å²) in [5.74, 6) is 0.0684. The van der Waals surface area contributed by atoms with Crippen molar-refractivity contribution in [2.24, 2.45) is 0 Å². The Bertz CT molecular complexity index is 468. The molecule has 4 heteroatoms. The topological polar surface area (TPSA) is 50.4 Å². The first-order chi connectivity index (χ1) is 10.2. The highest BCUT2D eigenvalue weighted by Gasteiger charge is 2.14. The van der Waals surface area contributed by atoms with E-state index in [1.54, 1.807) is 0 Å². The summed E-state index contributed by atoms with van der Waals surface area (Å²) >= 11 is 0. The van der Waals surface area contributed by atoms with Crippen molar-refractivity contribution in [1.82, 2.24) is 5.32 Å². The van der Waals surface area contributed by atoms with Gasteiger partial charge in [0.25, 0.3) is 0 Å². The zero-order valence-electron chi connectivity index (χ0n) is 13.1. The van der Waals surface area contributed by atoms with Gasteiger partial charge in [-0.05, 0) is 37.3 Å². The van der Waals surface area contributed by atoms with E-state index in [0.29, 0.717) is 19.1 Å². The number of nitrogens with one attached hydrogen (secondary N) is 2. The molecule has 1 heterocycles. The smallest absolute Gasteiger partial charge is 0.225 e. The highest BCUT2D eigenvalue weighted by molar-refractivity contribution is 5.92. The molecule has 1 amide bonds. The molecule has 1 atom stereocenters. The first-order valence-corrected chi connectivity index (χ1v) is 7.91. The van der Waals surface area contributed by atoms with Crippen LogP contribution in [0.4, 0.5) is 5.69 Å². The molecule has 0 aromatic heterocycles. The minimum atomic E-state index is 0.0684. The van der Waals surface area contributed by atoms with Gasteiger partial charge < -0.3 is 15.4 Å². The molecule has 1 saturated heterocycles. The van der Waals surface area contributed by atoms with E-state index in [1.165, 1.54) is 5.56 Å². The number of carbonyl (C=O) groups is 1. The number of anilines is 1. The summed E-state index contributed by atoms with van der Waals surface area (Å²) in [5, 5.41) is 6.35. The normalized spacial score (nSPS) is 17.9. The van der Waals surface area contributed by atoms with Crippen LogP contribution >= 0.6 is 0 Å². The van der Waals surface area contributed by atoms with Crippen LogP contribution in [0.25, 0.3) is 0 Å². The van der Waals surface area contributed by atoms with Crippen LogP contribution in [0.15, 0.2) is 18.2 Å². The van der Waals surface area contributed by atoms with Gasteiger partial charge in [-0.25, -0.2) is 0 Å². The van der Waals surface area contributed by atoms with Gasteiger partial charge in [-0.3, -0.25) is 4.79 Å². The molecule has 0 radical (unpaired) electrons. The van der Waals surface area contributed by atoms with E-state index in [9.17, 15) is 4.79 Å². The summed E-state index contributed by atoms with van der Waals surface area (Å²) in [5.41, 5.74) is 3.29. The number of carbonyl (C=O) groups excluding carboxylic acids is 1. The molecule has 2 N–H and O–H groups in total. The molecule has 2 rings (SSSR count). The molecule has 0 saturated carbocycles. The average molecular weight is 290 g/mol. The third-order valence-corrected chi connectivity index (χ3v) is 3.93. The predicted molar refractivity (Wildman–Crippen MR) is 85.6 cm³/mol. The maximum absolute atomic E-state index is 12.0. The highest BCUT2D eigenvalue weighted by atomic mass is 16.5. The van der Waals surface area contributed by atoms with Gasteiger partial charge in [0.05, 0.1) is 6.10 Å². The molecule has 116 valence electrons. The van der Waals surface area contributed by atoms with Crippen LogP contribution in [0.3, 0.4) is 0 Å². The van der Waals surface area contributed by atoms with Crippen LogP contribution in [0.2, 0.25) is 0 Å². The molecular formula is C17H26N2O2. The highest BCUT2D eigenvalue weighted by Crippen LogP contribution is 2.21. The lowest BCUT2D eigenvalue weighted by Gasteiger charge is -2.14. The number of benzene rings is 1. The first kappa shape index (κ1) is 16.0. The van der Waals surface area contributed by atoms with Gasteiger partial charge in [-0.15, -0.1) is 0 Å². The van der Waals surface area contributed by atoms with Crippen molar-refractivity contribution in [3.63, 3.8) is 0 Å². The number of amides is 1. The Balaban J connectivity index is 1.74. The second-order valence-corrected chi connectivity index (χ2v) is 5.60. The van der Waals surface area contributed by atoms with E-state index >= 15 is 0 Å². The van der Waals surface area contributed by atoms with E-state index in [-0.39, 0.29) is 5.91 Å². The van der Waals surface area contributed by atoms with Gasteiger partial charge in [-0.1, -0.05) is 25.1 Å². The van der Waals surface area contributed by atoms with Crippen molar-refractivity contribution in [2.75, 3.05) is 25.0 Å². The van der Waals surface area contributed by atoms with E-state index in [0.717, 1.165) is 43.7 Å². The number of aryl methyl sites for hydroxylation is 2. The predicted octanol–water partition coefficient (Wildman–Crippen LogP) is 2.65. The second-order valence-electron chi connectivity index (χ2n) is 5.60. The molecule has 1 unspecified atom stereocenters. The third-order valence-electron chi connectivity index (χ3n) is 3.93. The summed E-state index contributed by atoms with van der Waals surface area (Å²) in [4.78, 5) is 12.0. The SMILES string of the molecule is CCc1cccc(C)c1NC(=O)CCNCC1CCCO1. The molecule has 0 spiro atoms. The van der Waals surface area contributed by atoms with Crippen LogP contribution in [-0.4, -0.2) is 31.7 Å². The van der Waals surface area contributed by atoms with Crippen LogP contribution in [-0.2, 0) is 16.0 Å². The van der Waals surface area contributed by atoms with Gasteiger partial charge in [0.1, 0.15) is 0 Å². The maximum atomic E-state index is 12.0. The van der Waals surface area contributed by atoms with E-state index < -0.39 is 0 Å². The Kier molecular flexibility index (Phi) is 6.21.